The summed E-state index contributed by atoms with van der Waals surface area (Å²) in [6.45, 7) is 3.06. The van der Waals surface area contributed by atoms with E-state index in [4.69, 9.17) is 0 Å². The monoisotopic (exact) mass is 260 g/mol. The molecular formula is C13H16N4S. The highest BCUT2D eigenvalue weighted by Crippen LogP contribution is 2.47. The summed E-state index contributed by atoms with van der Waals surface area (Å²) < 4.78 is 4.27. The van der Waals surface area contributed by atoms with Gasteiger partial charge in [-0.05, 0) is 29.9 Å². The lowest BCUT2D eigenvalue weighted by Crippen LogP contribution is -2.04. The summed E-state index contributed by atoms with van der Waals surface area (Å²) in [4.78, 5) is 8.58. The van der Waals surface area contributed by atoms with E-state index in [-0.39, 0.29) is 0 Å². The van der Waals surface area contributed by atoms with Gasteiger partial charge in [0.15, 0.2) is 0 Å². The van der Waals surface area contributed by atoms with Crippen LogP contribution >= 0.6 is 11.5 Å². The maximum absolute atomic E-state index is 4.41. The molecule has 0 amide bonds. The molecule has 0 aliphatic heterocycles. The van der Waals surface area contributed by atoms with Crippen molar-refractivity contribution in [1.29, 1.82) is 0 Å². The molecule has 0 saturated heterocycles. The van der Waals surface area contributed by atoms with Gasteiger partial charge in [0, 0.05) is 36.9 Å². The fraction of sp³-hybridized carbons (Fsp3) is 0.462. The minimum absolute atomic E-state index is 0.671. The second-order valence-electron chi connectivity index (χ2n) is 4.64. The molecule has 0 aromatic carbocycles. The Bertz CT molecular complexity index is 511. The van der Waals surface area contributed by atoms with Gasteiger partial charge in [-0.1, -0.05) is 13.0 Å². The maximum atomic E-state index is 4.41. The third-order valence-corrected chi connectivity index (χ3v) is 4.05. The van der Waals surface area contributed by atoms with Gasteiger partial charge in [-0.3, -0.25) is 4.98 Å². The molecule has 1 fully saturated rings. The van der Waals surface area contributed by atoms with Crippen LogP contribution in [0.5, 0.6) is 0 Å². The van der Waals surface area contributed by atoms with Crippen molar-refractivity contribution in [2.24, 2.45) is 5.92 Å². The zero-order valence-electron chi connectivity index (χ0n) is 10.3. The minimum Gasteiger partial charge on any atom is -0.360 e. The zero-order valence-corrected chi connectivity index (χ0v) is 11.2. The Labute approximate surface area is 111 Å². The molecule has 2 aromatic heterocycles. The largest absolute Gasteiger partial charge is 0.360 e. The molecule has 94 valence electrons. The number of aromatic nitrogens is 3. The molecule has 2 atom stereocenters. The molecule has 0 spiro atoms. The molecule has 1 aliphatic carbocycles. The quantitative estimate of drug-likeness (QED) is 0.898. The molecule has 5 heteroatoms. The lowest BCUT2D eigenvalue weighted by atomic mass is 10.1. The highest BCUT2D eigenvalue weighted by Gasteiger charge is 2.38. The van der Waals surface area contributed by atoms with Crippen molar-refractivity contribution < 1.29 is 0 Å². The molecule has 4 nitrogen and oxygen atoms in total. The number of rotatable bonds is 5. The van der Waals surface area contributed by atoms with Gasteiger partial charge in [-0.15, -0.1) is 0 Å². The number of nitrogens with one attached hydrogen (secondary N) is 1. The van der Waals surface area contributed by atoms with E-state index >= 15 is 0 Å². The smallest absolute Gasteiger partial charge is 0.202 e. The first-order valence-corrected chi connectivity index (χ1v) is 7.10. The highest BCUT2D eigenvalue weighted by molar-refractivity contribution is 7.09. The predicted molar refractivity (Wildman–Crippen MR) is 72.9 cm³/mol. The Balaban J connectivity index is 1.51. The molecule has 0 unspecified atom stereocenters. The van der Waals surface area contributed by atoms with E-state index < -0.39 is 0 Å². The van der Waals surface area contributed by atoms with Crippen LogP contribution in [0.3, 0.4) is 0 Å². The van der Waals surface area contributed by atoms with E-state index in [1.807, 2.05) is 18.5 Å². The number of hydrogen-bond donors (Lipinski definition) is 1. The summed E-state index contributed by atoms with van der Waals surface area (Å²) in [5, 5.41) is 4.33. The molecule has 0 bridgehead atoms. The molecule has 2 heterocycles. The fourth-order valence-corrected chi connectivity index (χ4v) is 2.82. The van der Waals surface area contributed by atoms with Crippen LogP contribution in [0, 0.1) is 5.92 Å². The average Bonchev–Trinajstić information content (AvgIpc) is 3.06. The van der Waals surface area contributed by atoms with E-state index in [2.05, 4.69) is 32.6 Å². The van der Waals surface area contributed by atoms with Crippen LogP contribution in [0.2, 0.25) is 0 Å². The summed E-state index contributed by atoms with van der Waals surface area (Å²) in [5.74, 6) is 2.31. The topological polar surface area (TPSA) is 50.7 Å². The van der Waals surface area contributed by atoms with Gasteiger partial charge in [0.05, 0.1) is 0 Å². The Hall–Kier alpha value is -1.49. The predicted octanol–water partition coefficient (Wildman–Crippen LogP) is 2.71. The standard InChI is InChI=1S/C13H16N4S/c1-2-12-16-13(18-17-12)15-8-10-6-11(10)9-4-3-5-14-7-9/h3-5,7,10-11H,2,6,8H2,1H3,(H,15,16,17)/t10-,11-/m0/s1. The molecule has 2 aromatic rings. The van der Waals surface area contributed by atoms with Gasteiger partial charge in [-0.2, -0.15) is 4.37 Å². The second kappa shape index (κ2) is 5.02. The van der Waals surface area contributed by atoms with Crippen molar-refractivity contribution in [3.05, 3.63) is 35.9 Å². The lowest BCUT2D eigenvalue weighted by Gasteiger charge is -2.01. The molecule has 1 aliphatic rings. The number of anilines is 1. The van der Waals surface area contributed by atoms with Gasteiger partial charge in [0.1, 0.15) is 5.82 Å². The van der Waals surface area contributed by atoms with E-state index in [1.165, 1.54) is 23.5 Å². The van der Waals surface area contributed by atoms with Crippen LogP contribution in [-0.2, 0) is 6.42 Å². The molecule has 1 saturated carbocycles. The van der Waals surface area contributed by atoms with Gasteiger partial charge < -0.3 is 5.32 Å². The number of pyridine rings is 1. The van der Waals surface area contributed by atoms with Crippen molar-refractivity contribution in [2.75, 3.05) is 11.9 Å². The summed E-state index contributed by atoms with van der Waals surface area (Å²) >= 11 is 1.46. The van der Waals surface area contributed by atoms with E-state index in [9.17, 15) is 0 Å². The van der Waals surface area contributed by atoms with Crippen LogP contribution in [0.25, 0.3) is 0 Å². The summed E-state index contributed by atoms with van der Waals surface area (Å²) in [6.07, 6.45) is 5.95. The van der Waals surface area contributed by atoms with Gasteiger partial charge in [0.25, 0.3) is 0 Å². The maximum Gasteiger partial charge on any atom is 0.202 e. The molecule has 3 rings (SSSR count). The lowest BCUT2D eigenvalue weighted by molar-refractivity contribution is 0.839. The first kappa shape index (κ1) is 11.6. The SMILES string of the molecule is CCc1nsc(NC[C@@H]2C[C@H]2c2cccnc2)n1. The molecule has 1 N–H and O–H groups in total. The van der Waals surface area contributed by atoms with Crippen molar-refractivity contribution in [1.82, 2.24) is 14.3 Å². The molecular weight excluding hydrogens is 244 g/mol. The van der Waals surface area contributed by atoms with Crippen LogP contribution in [-0.4, -0.2) is 20.9 Å². The Kier molecular flexibility index (Phi) is 3.23. The van der Waals surface area contributed by atoms with Gasteiger partial charge >= 0.3 is 0 Å². The summed E-state index contributed by atoms with van der Waals surface area (Å²) in [6, 6.07) is 4.17. The van der Waals surface area contributed by atoms with Crippen molar-refractivity contribution >= 4 is 16.7 Å². The van der Waals surface area contributed by atoms with Crippen LogP contribution in [0.4, 0.5) is 5.13 Å². The summed E-state index contributed by atoms with van der Waals surface area (Å²) in [7, 11) is 0. The van der Waals surface area contributed by atoms with E-state index in [0.717, 1.165) is 23.9 Å². The molecule has 18 heavy (non-hydrogen) atoms. The van der Waals surface area contributed by atoms with Crippen LogP contribution < -0.4 is 5.32 Å². The van der Waals surface area contributed by atoms with Crippen molar-refractivity contribution in [3.8, 4) is 0 Å². The Morgan fingerprint density at radius 3 is 3.17 bits per heavy atom. The second-order valence-corrected chi connectivity index (χ2v) is 5.39. The van der Waals surface area contributed by atoms with Crippen LogP contribution in [0.1, 0.15) is 30.7 Å². The Morgan fingerprint density at radius 1 is 1.50 bits per heavy atom. The highest BCUT2D eigenvalue weighted by atomic mass is 32.1. The fourth-order valence-electron chi connectivity index (χ4n) is 2.16. The summed E-state index contributed by atoms with van der Waals surface area (Å²) in [5.41, 5.74) is 1.36. The number of aryl methyl sites for hydroxylation is 1. The van der Waals surface area contributed by atoms with E-state index in [1.54, 1.807) is 0 Å². The third-order valence-electron chi connectivity index (χ3n) is 3.33. The Morgan fingerprint density at radius 2 is 2.44 bits per heavy atom. The third kappa shape index (κ3) is 2.51. The first-order chi connectivity index (χ1) is 8.86. The zero-order chi connectivity index (χ0) is 12.4. The molecule has 0 radical (unpaired) electrons. The van der Waals surface area contributed by atoms with Gasteiger partial charge in [-0.25, -0.2) is 4.98 Å². The number of hydrogen-bond acceptors (Lipinski definition) is 5. The average molecular weight is 260 g/mol. The number of nitrogens with zero attached hydrogens (tertiary/aromatic N) is 3. The normalized spacial score (nSPS) is 21.8. The van der Waals surface area contributed by atoms with Crippen molar-refractivity contribution in [2.45, 2.75) is 25.7 Å². The first-order valence-electron chi connectivity index (χ1n) is 6.33. The van der Waals surface area contributed by atoms with Crippen molar-refractivity contribution in [3.63, 3.8) is 0 Å². The van der Waals surface area contributed by atoms with Gasteiger partial charge in [0.2, 0.25) is 5.13 Å². The minimum atomic E-state index is 0.671. The van der Waals surface area contributed by atoms with E-state index in [0.29, 0.717) is 11.8 Å². The van der Waals surface area contributed by atoms with Crippen LogP contribution in [0.15, 0.2) is 24.5 Å².